The molecule has 2 rings (SSSR count). The van der Waals surface area contributed by atoms with Crippen molar-refractivity contribution in [3.05, 3.63) is 34.9 Å². The van der Waals surface area contributed by atoms with Crippen LogP contribution in [0.4, 0.5) is 0 Å². The third-order valence-electron chi connectivity index (χ3n) is 4.19. The second-order valence-electron chi connectivity index (χ2n) is 5.42. The molecule has 1 aromatic rings. The van der Waals surface area contributed by atoms with Crippen LogP contribution in [-0.2, 0) is 11.3 Å². The number of likely N-dealkylation sites (N-methyl/N-ethyl adjacent to an activating group) is 1. The average Bonchev–Trinajstić information content (AvgIpc) is 2.94. The molecule has 0 aliphatic carbocycles. The van der Waals surface area contributed by atoms with E-state index in [1.807, 2.05) is 36.1 Å². The van der Waals surface area contributed by atoms with E-state index in [1.54, 1.807) is 0 Å². The molecule has 1 aliphatic rings. The van der Waals surface area contributed by atoms with E-state index in [1.165, 1.54) is 0 Å². The zero-order valence-corrected chi connectivity index (χ0v) is 14.3. The summed E-state index contributed by atoms with van der Waals surface area (Å²) < 4.78 is 0. The molecule has 1 unspecified atom stereocenters. The van der Waals surface area contributed by atoms with Crippen molar-refractivity contribution in [2.24, 2.45) is 0 Å². The van der Waals surface area contributed by atoms with E-state index in [0.29, 0.717) is 6.54 Å². The molecule has 1 heterocycles. The summed E-state index contributed by atoms with van der Waals surface area (Å²) in [5, 5.41) is 4.13. The standard InChI is InChI=1S/C16H23ClN2O.ClH/c1-3-16(9-6-10-18-16)15(20)19(4-2)12-13-7-5-8-14(17)11-13;/h5,7-8,11,18H,3-4,6,9-10,12H2,1-2H3;1H. The smallest absolute Gasteiger partial charge is 0.243 e. The molecule has 1 amide bonds. The molecule has 5 heteroatoms. The van der Waals surface area contributed by atoms with Crippen LogP contribution in [0.1, 0.15) is 38.7 Å². The molecule has 0 radical (unpaired) electrons. The minimum absolute atomic E-state index is 0. The number of nitrogens with one attached hydrogen (secondary N) is 1. The fourth-order valence-corrected chi connectivity index (χ4v) is 3.14. The van der Waals surface area contributed by atoms with Gasteiger partial charge in [0.15, 0.2) is 0 Å². The van der Waals surface area contributed by atoms with Gasteiger partial charge in [-0.3, -0.25) is 4.79 Å². The maximum absolute atomic E-state index is 12.8. The van der Waals surface area contributed by atoms with E-state index < -0.39 is 0 Å². The lowest BCUT2D eigenvalue weighted by molar-refractivity contribution is -0.138. The van der Waals surface area contributed by atoms with Crippen LogP contribution >= 0.6 is 24.0 Å². The SMILES string of the molecule is CCN(Cc1cccc(Cl)c1)C(=O)C1(CC)CCCN1.Cl. The van der Waals surface area contributed by atoms with E-state index in [-0.39, 0.29) is 23.9 Å². The van der Waals surface area contributed by atoms with Gasteiger partial charge >= 0.3 is 0 Å². The lowest BCUT2D eigenvalue weighted by Gasteiger charge is -2.33. The summed E-state index contributed by atoms with van der Waals surface area (Å²) in [6.07, 6.45) is 2.86. The summed E-state index contributed by atoms with van der Waals surface area (Å²) in [5.74, 6) is 0.222. The molecule has 1 saturated heterocycles. The third kappa shape index (κ3) is 4.12. The van der Waals surface area contributed by atoms with Crippen LogP contribution in [0.3, 0.4) is 0 Å². The largest absolute Gasteiger partial charge is 0.337 e. The van der Waals surface area contributed by atoms with Crippen LogP contribution < -0.4 is 5.32 Å². The molecule has 1 N–H and O–H groups in total. The summed E-state index contributed by atoms with van der Waals surface area (Å²) in [4.78, 5) is 14.8. The van der Waals surface area contributed by atoms with Gasteiger partial charge in [0.1, 0.15) is 0 Å². The van der Waals surface area contributed by atoms with Gasteiger partial charge in [0.25, 0.3) is 0 Å². The highest BCUT2D eigenvalue weighted by atomic mass is 35.5. The summed E-state index contributed by atoms with van der Waals surface area (Å²) >= 11 is 6.02. The second kappa shape index (κ2) is 8.02. The molecule has 0 bridgehead atoms. The molecule has 21 heavy (non-hydrogen) atoms. The Morgan fingerprint density at radius 3 is 2.71 bits per heavy atom. The highest BCUT2D eigenvalue weighted by molar-refractivity contribution is 6.30. The van der Waals surface area contributed by atoms with E-state index in [9.17, 15) is 4.79 Å². The molecule has 0 spiro atoms. The normalized spacial score (nSPS) is 20.9. The second-order valence-corrected chi connectivity index (χ2v) is 5.85. The van der Waals surface area contributed by atoms with Crippen LogP contribution in [0.2, 0.25) is 5.02 Å². The van der Waals surface area contributed by atoms with Crippen molar-refractivity contribution in [3.8, 4) is 0 Å². The lowest BCUT2D eigenvalue weighted by Crippen LogP contribution is -2.54. The van der Waals surface area contributed by atoms with Crippen molar-refractivity contribution in [2.75, 3.05) is 13.1 Å². The quantitative estimate of drug-likeness (QED) is 0.893. The van der Waals surface area contributed by atoms with Gasteiger partial charge in [0.2, 0.25) is 5.91 Å². The van der Waals surface area contributed by atoms with Gasteiger partial charge in [-0.2, -0.15) is 0 Å². The van der Waals surface area contributed by atoms with Crippen LogP contribution in [0, 0.1) is 0 Å². The third-order valence-corrected chi connectivity index (χ3v) is 4.42. The average molecular weight is 331 g/mol. The minimum Gasteiger partial charge on any atom is -0.337 e. The highest BCUT2D eigenvalue weighted by Gasteiger charge is 2.41. The Bertz CT molecular complexity index is 473. The molecular weight excluding hydrogens is 307 g/mol. The number of benzene rings is 1. The summed E-state index contributed by atoms with van der Waals surface area (Å²) in [6.45, 7) is 6.40. The Morgan fingerprint density at radius 1 is 1.43 bits per heavy atom. The molecule has 0 aromatic heterocycles. The van der Waals surface area contributed by atoms with Crippen molar-refractivity contribution in [3.63, 3.8) is 0 Å². The highest BCUT2D eigenvalue weighted by Crippen LogP contribution is 2.26. The van der Waals surface area contributed by atoms with E-state index in [2.05, 4.69) is 12.2 Å². The summed E-state index contributed by atoms with van der Waals surface area (Å²) in [6, 6.07) is 7.73. The molecule has 1 fully saturated rings. The minimum atomic E-state index is -0.353. The van der Waals surface area contributed by atoms with Crippen LogP contribution in [0.15, 0.2) is 24.3 Å². The fraction of sp³-hybridized carbons (Fsp3) is 0.562. The summed E-state index contributed by atoms with van der Waals surface area (Å²) in [7, 11) is 0. The zero-order valence-electron chi connectivity index (χ0n) is 12.7. The van der Waals surface area contributed by atoms with E-state index in [0.717, 1.165) is 42.9 Å². The molecular formula is C16H24Cl2N2O. The molecule has 1 atom stereocenters. The Labute approximate surface area is 138 Å². The number of hydrogen-bond acceptors (Lipinski definition) is 2. The predicted molar refractivity (Wildman–Crippen MR) is 90.0 cm³/mol. The van der Waals surface area contributed by atoms with Gasteiger partial charge in [-0.05, 0) is 50.4 Å². The number of rotatable bonds is 5. The molecule has 1 aromatic carbocycles. The molecule has 0 saturated carbocycles. The van der Waals surface area contributed by atoms with Crippen molar-refractivity contribution < 1.29 is 4.79 Å². The summed E-state index contributed by atoms with van der Waals surface area (Å²) in [5.41, 5.74) is 0.728. The zero-order chi connectivity index (χ0) is 14.6. The van der Waals surface area contributed by atoms with Crippen LogP contribution in [-0.4, -0.2) is 29.4 Å². The number of carbonyl (C=O) groups is 1. The Morgan fingerprint density at radius 2 is 2.19 bits per heavy atom. The molecule has 1 aliphatic heterocycles. The number of amides is 1. The van der Waals surface area contributed by atoms with E-state index >= 15 is 0 Å². The molecule has 118 valence electrons. The Hall–Kier alpha value is -0.770. The van der Waals surface area contributed by atoms with E-state index in [4.69, 9.17) is 11.6 Å². The first-order chi connectivity index (χ1) is 9.61. The number of nitrogens with zero attached hydrogens (tertiary/aromatic N) is 1. The number of carbonyl (C=O) groups excluding carboxylic acids is 1. The van der Waals surface area contributed by atoms with Crippen molar-refractivity contribution in [1.29, 1.82) is 0 Å². The predicted octanol–water partition coefficient (Wildman–Crippen LogP) is 3.64. The Balaban J connectivity index is 0.00000220. The van der Waals surface area contributed by atoms with Crippen molar-refractivity contribution >= 4 is 29.9 Å². The Kier molecular flexibility index (Phi) is 6.98. The number of hydrogen-bond donors (Lipinski definition) is 1. The van der Waals surface area contributed by atoms with Gasteiger partial charge in [-0.1, -0.05) is 30.7 Å². The van der Waals surface area contributed by atoms with Crippen LogP contribution in [0.5, 0.6) is 0 Å². The van der Waals surface area contributed by atoms with Crippen molar-refractivity contribution in [2.45, 2.75) is 45.2 Å². The first-order valence-corrected chi connectivity index (χ1v) is 7.78. The topological polar surface area (TPSA) is 32.3 Å². The van der Waals surface area contributed by atoms with Crippen molar-refractivity contribution in [1.82, 2.24) is 10.2 Å². The monoisotopic (exact) mass is 330 g/mol. The maximum atomic E-state index is 12.8. The lowest BCUT2D eigenvalue weighted by atomic mass is 9.92. The van der Waals surface area contributed by atoms with Gasteiger partial charge in [0, 0.05) is 18.1 Å². The van der Waals surface area contributed by atoms with Crippen LogP contribution in [0.25, 0.3) is 0 Å². The molecule has 3 nitrogen and oxygen atoms in total. The van der Waals surface area contributed by atoms with Gasteiger partial charge in [0.05, 0.1) is 5.54 Å². The number of halogens is 2. The fourth-order valence-electron chi connectivity index (χ4n) is 2.93. The van der Waals surface area contributed by atoms with Gasteiger partial charge < -0.3 is 10.2 Å². The maximum Gasteiger partial charge on any atom is 0.243 e. The first-order valence-electron chi connectivity index (χ1n) is 7.40. The van der Waals surface area contributed by atoms with Gasteiger partial charge in [-0.15, -0.1) is 12.4 Å². The first kappa shape index (κ1) is 18.3. The van der Waals surface area contributed by atoms with Gasteiger partial charge in [-0.25, -0.2) is 0 Å².